The van der Waals surface area contributed by atoms with Crippen LogP contribution in [-0.4, -0.2) is 11.9 Å². The number of carbonyl (C=O) groups is 2. The van der Waals surface area contributed by atoms with Gasteiger partial charge in [0.1, 0.15) is 0 Å². The summed E-state index contributed by atoms with van der Waals surface area (Å²) in [5.41, 5.74) is 0. The van der Waals surface area contributed by atoms with Gasteiger partial charge < -0.3 is 19.8 Å². The summed E-state index contributed by atoms with van der Waals surface area (Å²) in [4.78, 5) is 20.5. The second kappa shape index (κ2) is 49.1. The Kier molecular flexibility index (Phi) is 52.4. The molecule has 0 spiro atoms. The molecule has 0 saturated carbocycles. The van der Waals surface area contributed by atoms with Crippen molar-refractivity contribution in [3.8, 4) is 0 Å². The number of carbonyl (C=O) groups excluding carboxylic acids is 2. The van der Waals surface area contributed by atoms with Gasteiger partial charge in [-0.1, -0.05) is 192 Å². The van der Waals surface area contributed by atoms with Crippen LogP contribution >= 0.6 is 0 Å². The average Bonchev–Trinajstić information content (AvgIpc) is 3.07. The zero-order chi connectivity index (χ0) is 35.4. The van der Waals surface area contributed by atoms with Gasteiger partial charge >= 0.3 is 17.1 Å². The standard InChI is InChI=1S/2C22H42O2.Cu/c2*1-2-3-4-5-6-7-8-9-10-11-12-13-14-15-16-17-18-19-20-21-22(23)24;/h2*9-10H,2-8,11-21H2,1H3,(H,23,24);/q;;+2/p-2/b2*10-9-;. The van der Waals surface area contributed by atoms with Crippen LogP contribution < -0.4 is 10.2 Å². The quantitative estimate of drug-likeness (QED) is 0.0359. The van der Waals surface area contributed by atoms with Crippen molar-refractivity contribution in [1.82, 2.24) is 0 Å². The maximum absolute atomic E-state index is 10.3. The molecule has 293 valence electrons. The van der Waals surface area contributed by atoms with E-state index in [0.717, 1.165) is 25.7 Å². The zero-order valence-electron chi connectivity index (χ0n) is 32.7. The molecular weight excluding hydrogens is 656 g/mol. The minimum absolute atomic E-state index is 0. The number of aliphatic carboxylic acids is 2. The molecule has 0 unspecified atom stereocenters. The SMILES string of the molecule is CCCCCCCC/C=C\CCCCCCCCCCCC(=O)[O-].CCCCCCCC/C=C\CCCCCCCCCCCC(=O)[O-].[Cu+2]. The van der Waals surface area contributed by atoms with Crippen molar-refractivity contribution < 1.29 is 36.9 Å². The van der Waals surface area contributed by atoms with E-state index >= 15 is 0 Å². The Morgan fingerprint density at radius 1 is 0.327 bits per heavy atom. The van der Waals surface area contributed by atoms with Crippen LogP contribution in [0.2, 0.25) is 0 Å². The van der Waals surface area contributed by atoms with Gasteiger partial charge in [-0.2, -0.15) is 0 Å². The molecule has 0 aromatic carbocycles. The minimum atomic E-state index is -0.906. The molecule has 5 heteroatoms. The molecule has 0 aromatic heterocycles. The van der Waals surface area contributed by atoms with Crippen molar-refractivity contribution in [2.45, 2.75) is 245 Å². The maximum atomic E-state index is 10.3. The van der Waals surface area contributed by atoms with E-state index in [2.05, 4.69) is 38.2 Å². The number of rotatable bonds is 38. The van der Waals surface area contributed by atoms with Gasteiger partial charge in [-0.3, -0.25) is 0 Å². The number of hydrogen-bond acceptors (Lipinski definition) is 4. The van der Waals surface area contributed by atoms with Crippen LogP contribution in [0.4, 0.5) is 0 Å². The van der Waals surface area contributed by atoms with E-state index in [1.807, 2.05) is 0 Å². The van der Waals surface area contributed by atoms with Gasteiger partial charge in [0.05, 0.1) is 0 Å². The fourth-order valence-corrected chi connectivity index (χ4v) is 6.09. The molecule has 0 aliphatic rings. The number of carboxylic acid groups (broad SMARTS) is 2. The topological polar surface area (TPSA) is 80.3 Å². The minimum Gasteiger partial charge on any atom is -0.550 e. The monoisotopic (exact) mass is 738 g/mol. The van der Waals surface area contributed by atoms with Crippen molar-refractivity contribution in [1.29, 1.82) is 0 Å². The Hall–Kier alpha value is -1.06. The second-order valence-corrected chi connectivity index (χ2v) is 14.2. The number of allylic oxidation sites excluding steroid dienone is 4. The Morgan fingerprint density at radius 2 is 0.510 bits per heavy atom. The number of hydrogen-bond donors (Lipinski definition) is 0. The summed E-state index contributed by atoms with van der Waals surface area (Å²) < 4.78 is 0. The van der Waals surface area contributed by atoms with Crippen LogP contribution in [0.25, 0.3) is 0 Å². The molecule has 0 aliphatic carbocycles. The maximum Gasteiger partial charge on any atom is 2.00 e. The third kappa shape index (κ3) is 56.6. The molecule has 1 radical (unpaired) electrons. The van der Waals surface area contributed by atoms with Crippen molar-refractivity contribution in [2.24, 2.45) is 0 Å². The van der Waals surface area contributed by atoms with Gasteiger partial charge in [-0.15, -0.1) is 0 Å². The molecular formula is C44H82CuO4. The van der Waals surface area contributed by atoms with Gasteiger partial charge in [0.2, 0.25) is 0 Å². The summed E-state index contributed by atoms with van der Waals surface area (Å²) in [7, 11) is 0. The normalized spacial score (nSPS) is 11.1. The van der Waals surface area contributed by atoms with Crippen molar-refractivity contribution in [3.63, 3.8) is 0 Å². The van der Waals surface area contributed by atoms with Crippen LogP contribution in [0.5, 0.6) is 0 Å². The number of unbranched alkanes of at least 4 members (excludes halogenated alkanes) is 30. The van der Waals surface area contributed by atoms with E-state index in [9.17, 15) is 19.8 Å². The average molecular weight is 739 g/mol. The predicted molar refractivity (Wildman–Crippen MR) is 206 cm³/mol. The summed E-state index contributed by atoms with van der Waals surface area (Å²) >= 11 is 0. The van der Waals surface area contributed by atoms with Crippen molar-refractivity contribution in [2.75, 3.05) is 0 Å². The summed E-state index contributed by atoms with van der Waals surface area (Å²) in [6.45, 7) is 4.54. The largest absolute Gasteiger partial charge is 2.00 e. The molecule has 0 bridgehead atoms. The molecule has 0 aliphatic heterocycles. The van der Waals surface area contributed by atoms with E-state index in [1.165, 1.54) is 193 Å². The molecule has 0 N–H and O–H groups in total. The summed E-state index contributed by atoms with van der Waals surface area (Å²) in [5.74, 6) is -1.81. The van der Waals surface area contributed by atoms with Crippen LogP contribution in [0.15, 0.2) is 24.3 Å². The van der Waals surface area contributed by atoms with Crippen molar-refractivity contribution >= 4 is 11.9 Å². The van der Waals surface area contributed by atoms with E-state index < -0.39 is 11.9 Å². The zero-order valence-corrected chi connectivity index (χ0v) is 33.6. The molecule has 0 aromatic rings. The van der Waals surface area contributed by atoms with Crippen LogP contribution in [0, 0.1) is 0 Å². The van der Waals surface area contributed by atoms with Crippen molar-refractivity contribution in [3.05, 3.63) is 24.3 Å². The van der Waals surface area contributed by atoms with Gasteiger partial charge in [-0.25, -0.2) is 0 Å². The van der Waals surface area contributed by atoms with Gasteiger partial charge in [0, 0.05) is 11.9 Å². The smallest absolute Gasteiger partial charge is 0.550 e. The van der Waals surface area contributed by atoms with E-state index in [0.29, 0.717) is 0 Å². The van der Waals surface area contributed by atoms with Crippen LogP contribution in [0.3, 0.4) is 0 Å². The van der Waals surface area contributed by atoms with Gasteiger partial charge in [0.25, 0.3) is 0 Å². The van der Waals surface area contributed by atoms with Gasteiger partial charge in [0.15, 0.2) is 0 Å². The molecule has 49 heavy (non-hydrogen) atoms. The third-order valence-electron chi connectivity index (χ3n) is 9.29. The summed E-state index contributed by atoms with van der Waals surface area (Å²) in [6, 6.07) is 0. The van der Waals surface area contributed by atoms with Gasteiger partial charge in [-0.05, 0) is 77.0 Å². The van der Waals surface area contributed by atoms with E-state index in [1.54, 1.807) is 0 Å². The van der Waals surface area contributed by atoms with E-state index in [-0.39, 0.29) is 29.9 Å². The molecule has 4 nitrogen and oxygen atoms in total. The first kappa shape index (κ1) is 52.3. The Balaban J connectivity index is -0.000000846. The molecule has 0 heterocycles. The first-order valence-electron chi connectivity index (χ1n) is 21.2. The third-order valence-corrected chi connectivity index (χ3v) is 9.29. The Labute approximate surface area is 317 Å². The molecule has 0 rings (SSSR count). The Morgan fingerprint density at radius 3 is 0.714 bits per heavy atom. The Bertz CT molecular complexity index is 632. The summed E-state index contributed by atoms with van der Waals surface area (Å²) in [6.07, 6.45) is 53.5. The predicted octanol–water partition coefficient (Wildman–Crippen LogP) is 12.7. The molecule has 0 amide bonds. The molecule has 0 atom stereocenters. The summed E-state index contributed by atoms with van der Waals surface area (Å²) in [5, 5.41) is 20.5. The second-order valence-electron chi connectivity index (χ2n) is 14.2. The fraction of sp³-hybridized carbons (Fsp3) is 0.864. The molecule has 0 saturated heterocycles. The van der Waals surface area contributed by atoms with Crippen LogP contribution in [-0.2, 0) is 26.7 Å². The number of carboxylic acids is 2. The van der Waals surface area contributed by atoms with E-state index in [4.69, 9.17) is 0 Å². The first-order chi connectivity index (χ1) is 23.5. The molecule has 0 fully saturated rings. The fourth-order valence-electron chi connectivity index (χ4n) is 6.09. The first-order valence-corrected chi connectivity index (χ1v) is 21.2. The van der Waals surface area contributed by atoms with Crippen LogP contribution in [0.1, 0.15) is 245 Å².